The largest absolute Gasteiger partial charge is 0.332 e. The molecule has 0 bridgehead atoms. The summed E-state index contributed by atoms with van der Waals surface area (Å²) in [6.45, 7) is 1.19. The lowest BCUT2D eigenvalue weighted by atomic mass is 10.6. The normalized spacial score (nSPS) is 15.5. The molecule has 0 radical (unpaired) electrons. The summed E-state index contributed by atoms with van der Waals surface area (Å²) in [4.78, 5) is 0. The third-order valence-electron chi connectivity index (χ3n) is 1.67. The van der Waals surface area contributed by atoms with Gasteiger partial charge in [-0.05, 0) is 6.42 Å². The zero-order valence-corrected chi connectivity index (χ0v) is 10.5. The molecule has 1 unspecified atom stereocenters. The number of rotatable bonds is 7. The Balaban J connectivity index is 3.97. The number of terminal acetylenes is 1. The molecule has 0 fully saturated rings. The van der Waals surface area contributed by atoms with E-state index in [9.17, 15) is 13.0 Å². The van der Waals surface area contributed by atoms with E-state index < -0.39 is 17.5 Å². The Hall–Kier alpha value is -0.340. The van der Waals surface area contributed by atoms with Gasteiger partial charge >= 0.3 is 0 Å². The van der Waals surface area contributed by atoms with E-state index in [1.807, 2.05) is 0 Å². The second-order valence-corrected chi connectivity index (χ2v) is 7.60. The van der Waals surface area contributed by atoms with Gasteiger partial charge in [0.1, 0.15) is 6.61 Å². The topological polar surface area (TPSA) is 69.7 Å². The molecule has 7 heteroatoms. The molecule has 0 aromatic heterocycles. The molecule has 0 aliphatic heterocycles. The summed E-state index contributed by atoms with van der Waals surface area (Å²) < 4.78 is 42.8. The quantitative estimate of drug-likeness (QED) is 0.383. The van der Waals surface area contributed by atoms with Crippen LogP contribution in [0.4, 0.5) is 0 Å². The highest BCUT2D eigenvalue weighted by atomic mass is 32.2. The van der Waals surface area contributed by atoms with Crippen molar-refractivity contribution in [3.63, 3.8) is 0 Å². The summed E-state index contributed by atoms with van der Waals surface area (Å²) in [6.07, 6.45) is 5.29. The molecule has 0 heterocycles. The first-order valence-corrected chi connectivity index (χ1v) is 8.09. The van der Waals surface area contributed by atoms with Gasteiger partial charge in [0.2, 0.25) is 0 Å². The van der Waals surface area contributed by atoms with Gasteiger partial charge in [0, 0.05) is 19.9 Å². The third-order valence-corrected chi connectivity index (χ3v) is 4.83. The lowest BCUT2D eigenvalue weighted by Gasteiger charge is -2.09. The molecule has 0 saturated heterocycles. The van der Waals surface area contributed by atoms with Crippen LogP contribution in [0.2, 0.25) is 0 Å². The molecule has 15 heavy (non-hydrogen) atoms. The minimum Gasteiger partial charge on any atom is -0.332 e. The Morgan fingerprint density at radius 3 is 2.53 bits per heavy atom. The van der Waals surface area contributed by atoms with Gasteiger partial charge in [0.05, 0.1) is 5.75 Å². The minimum atomic E-state index is -3.59. The van der Waals surface area contributed by atoms with E-state index in [0.29, 0.717) is 0 Å². The fourth-order valence-corrected chi connectivity index (χ4v) is 2.79. The van der Waals surface area contributed by atoms with Gasteiger partial charge in [-0.15, -0.1) is 6.42 Å². The Labute approximate surface area is 90.7 Å². The first-order valence-electron chi connectivity index (χ1n) is 4.26. The van der Waals surface area contributed by atoms with Crippen molar-refractivity contribution in [2.45, 2.75) is 6.42 Å². The zero-order valence-electron chi connectivity index (χ0n) is 8.80. The van der Waals surface area contributed by atoms with Crippen molar-refractivity contribution in [3.8, 4) is 12.3 Å². The van der Waals surface area contributed by atoms with Crippen LogP contribution < -0.4 is 0 Å². The van der Waals surface area contributed by atoms with Gasteiger partial charge in [-0.1, -0.05) is 5.92 Å². The molecular weight excluding hydrogens is 239 g/mol. The molecule has 0 spiro atoms. The fourth-order valence-electron chi connectivity index (χ4n) is 0.803. The molecule has 5 nitrogen and oxygen atoms in total. The molecule has 0 aliphatic rings. The minimum absolute atomic E-state index is 0.199. The van der Waals surface area contributed by atoms with E-state index in [-0.39, 0.29) is 24.9 Å². The monoisotopic (exact) mass is 254 g/mol. The summed E-state index contributed by atoms with van der Waals surface area (Å²) >= 11 is 0. The number of hydrogen-bond donors (Lipinski definition) is 0. The molecule has 0 aliphatic carbocycles. The molecule has 0 N–H and O–H groups in total. The SMILES string of the molecule is C#CCOS(=O)(=O)CCCP(C)(=O)OC. The summed E-state index contributed by atoms with van der Waals surface area (Å²) in [5, 5.41) is 0. The van der Waals surface area contributed by atoms with Crippen molar-refractivity contribution in [1.29, 1.82) is 0 Å². The fraction of sp³-hybridized carbons (Fsp3) is 0.750. The van der Waals surface area contributed by atoms with Crippen molar-refractivity contribution >= 4 is 17.5 Å². The lowest BCUT2D eigenvalue weighted by Crippen LogP contribution is -2.12. The summed E-state index contributed by atoms with van der Waals surface area (Å²) in [5.41, 5.74) is 0. The zero-order chi connectivity index (χ0) is 11.9. The predicted molar refractivity (Wildman–Crippen MR) is 58.6 cm³/mol. The first-order chi connectivity index (χ1) is 6.83. The van der Waals surface area contributed by atoms with Gasteiger partial charge in [-0.2, -0.15) is 8.42 Å². The maximum Gasteiger partial charge on any atom is 0.268 e. The van der Waals surface area contributed by atoms with Crippen molar-refractivity contribution in [2.24, 2.45) is 0 Å². The maximum atomic E-state index is 11.4. The smallest absolute Gasteiger partial charge is 0.268 e. The molecule has 88 valence electrons. The van der Waals surface area contributed by atoms with Crippen LogP contribution in [0.25, 0.3) is 0 Å². The Morgan fingerprint density at radius 1 is 1.47 bits per heavy atom. The van der Waals surface area contributed by atoms with E-state index >= 15 is 0 Å². The molecule has 0 amide bonds. The summed E-state index contributed by atoms with van der Waals surface area (Å²) in [6, 6.07) is 0. The second kappa shape index (κ2) is 6.29. The highest BCUT2D eigenvalue weighted by Crippen LogP contribution is 2.41. The highest BCUT2D eigenvalue weighted by molar-refractivity contribution is 7.86. The van der Waals surface area contributed by atoms with Crippen LogP contribution in [0.15, 0.2) is 0 Å². The first kappa shape index (κ1) is 14.7. The van der Waals surface area contributed by atoms with Crippen molar-refractivity contribution in [2.75, 3.05) is 32.3 Å². The molecule has 0 saturated carbocycles. The lowest BCUT2D eigenvalue weighted by molar-refractivity contribution is 0.362. The van der Waals surface area contributed by atoms with E-state index in [1.54, 1.807) is 0 Å². The van der Waals surface area contributed by atoms with Gasteiger partial charge in [0.25, 0.3) is 10.1 Å². The van der Waals surface area contributed by atoms with E-state index in [2.05, 4.69) is 10.1 Å². The standard InChI is InChI=1S/C8H15O5PS/c1-4-6-13-15(10,11)8-5-7-14(3,9)12-2/h1H,5-8H2,2-3H3. The van der Waals surface area contributed by atoms with Crippen molar-refractivity contribution in [3.05, 3.63) is 0 Å². The third kappa shape index (κ3) is 7.57. The molecular formula is C8H15O5PS. The highest BCUT2D eigenvalue weighted by Gasteiger charge is 2.16. The van der Waals surface area contributed by atoms with Gasteiger partial charge in [0.15, 0.2) is 7.37 Å². The number of hydrogen-bond acceptors (Lipinski definition) is 5. The Kier molecular flexibility index (Phi) is 6.15. The van der Waals surface area contributed by atoms with Crippen molar-refractivity contribution in [1.82, 2.24) is 0 Å². The Bertz CT molecular complexity index is 367. The van der Waals surface area contributed by atoms with Crippen LogP contribution in [-0.2, 0) is 23.4 Å². The van der Waals surface area contributed by atoms with Crippen LogP contribution in [-0.4, -0.2) is 40.7 Å². The van der Waals surface area contributed by atoms with E-state index in [1.165, 1.54) is 13.8 Å². The summed E-state index contributed by atoms with van der Waals surface area (Å²) in [5.74, 6) is 1.86. The van der Waals surface area contributed by atoms with Crippen molar-refractivity contribution < 1.29 is 21.7 Å². The van der Waals surface area contributed by atoms with E-state index in [0.717, 1.165) is 0 Å². The average Bonchev–Trinajstić information content (AvgIpc) is 2.14. The average molecular weight is 254 g/mol. The van der Waals surface area contributed by atoms with Gasteiger partial charge in [-0.3, -0.25) is 8.75 Å². The molecule has 0 rings (SSSR count). The van der Waals surface area contributed by atoms with Gasteiger partial charge in [-0.25, -0.2) is 0 Å². The molecule has 0 aromatic carbocycles. The predicted octanol–water partition coefficient (Wildman–Crippen LogP) is 0.910. The van der Waals surface area contributed by atoms with Crippen LogP contribution in [0, 0.1) is 12.3 Å². The van der Waals surface area contributed by atoms with Crippen LogP contribution in [0.3, 0.4) is 0 Å². The van der Waals surface area contributed by atoms with Crippen LogP contribution in [0.5, 0.6) is 0 Å². The summed E-state index contributed by atoms with van der Waals surface area (Å²) in [7, 11) is -4.90. The molecule has 0 aromatic rings. The van der Waals surface area contributed by atoms with Crippen LogP contribution >= 0.6 is 7.37 Å². The second-order valence-electron chi connectivity index (χ2n) is 3.00. The van der Waals surface area contributed by atoms with Gasteiger partial charge < -0.3 is 4.52 Å². The Morgan fingerprint density at radius 2 is 2.07 bits per heavy atom. The maximum absolute atomic E-state index is 11.4. The van der Waals surface area contributed by atoms with Crippen LogP contribution in [0.1, 0.15) is 6.42 Å². The van der Waals surface area contributed by atoms with E-state index in [4.69, 9.17) is 10.9 Å². The molecule has 1 atom stereocenters.